The number of nitroso groups, excluding NO2 is 1. The SMILES string of the molecule is O=NC1(C(CC2CCC(=O)O2)C(=O)O)CCOCC1. The van der Waals surface area contributed by atoms with Gasteiger partial charge in [0.1, 0.15) is 11.6 Å². The van der Waals surface area contributed by atoms with Crippen LogP contribution in [0.15, 0.2) is 5.18 Å². The normalized spacial score (nSPS) is 27.6. The van der Waals surface area contributed by atoms with Crippen LogP contribution < -0.4 is 0 Å². The molecule has 2 heterocycles. The van der Waals surface area contributed by atoms with Crippen molar-refractivity contribution in [3.8, 4) is 0 Å². The van der Waals surface area contributed by atoms with Gasteiger partial charge in [0.2, 0.25) is 0 Å². The molecule has 1 N–H and O–H groups in total. The molecule has 0 bridgehead atoms. The molecule has 0 radical (unpaired) electrons. The number of hydrogen-bond donors (Lipinski definition) is 1. The van der Waals surface area contributed by atoms with Gasteiger partial charge < -0.3 is 14.6 Å². The first-order valence-corrected chi connectivity index (χ1v) is 6.42. The van der Waals surface area contributed by atoms with Crippen molar-refractivity contribution in [2.24, 2.45) is 11.1 Å². The monoisotopic (exact) mass is 271 g/mol. The van der Waals surface area contributed by atoms with Gasteiger partial charge in [-0.1, -0.05) is 5.18 Å². The standard InChI is InChI=1S/C12H17NO6/c14-10-2-1-8(19-10)7-9(11(15)16)12(13-17)3-5-18-6-4-12/h8-9H,1-7H2,(H,15,16). The number of carboxylic acid groups (broad SMARTS) is 1. The van der Waals surface area contributed by atoms with Crippen LogP contribution in [-0.2, 0) is 19.1 Å². The van der Waals surface area contributed by atoms with E-state index in [1.807, 2.05) is 0 Å². The fourth-order valence-corrected chi connectivity index (χ4v) is 2.79. The van der Waals surface area contributed by atoms with Crippen molar-refractivity contribution >= 4 is 11.9 Å². The Morgan fingerprint density at radius 3 is 2.63 bits per heavy atom. The molecule has 0 aromatic rings. The second-order valence-electron chi connectivity index (χ2n) is 5.08. The lowest BCUT2D eigenvalue weighted by Crippen LogP contribution is -2.46. The van der Waals surface area contributed by atoms with Gasteiger partial charge in [0.15, 0.2) is 0 Å². The number of ether oxygens (including phenoxy) is 2. The van der Waals surface area contributed by atoms with E-state index in [1.54, 1.807) is 0 Å². The van der Waals surface area contributed by atoms with E-state index in [0.717, 1.165) is 0 Å². The van der Waals surface area contributed by atoms with Crippen LogP contribution in [0.2, 0.25) is 0 Å². The lowest BCUT2D eigenvalue weighted by molar-refractivity contribution is -0.151. The number of hydrogen-bond acceptors (Lipinski definition) is 6. The molecule has 2 aliphatic heterocycles. The summed E-state index contributed by atoms with van der Waals surface area (Å²) >= 11 is 0. The maximum absolute atomic E-state index is 11.5. The quantitative estimate of drug-likeness (QED) is 0.593. The molecule has 2 unspecified atom stereocenters. The average Bonchev–Trinajstić information content (AvgIpc) is 2.82. The van der Waals surface area contributed by atoms with Crippen molar-refractivity contribution in [3.05, 3.63) is 4.91 Å². The zero-order valence-electron chi connectivity index (χ0n) is 10.5. The first-order chi connectivity index (χ1) is 9.07. The molecule has 2 fully saturated rings. The summed E-state index contributed by atoms with van der Waals surface area (Å²) in [5.74, 6) is -2.30. The van der Waals surface area contributed by atoms with Crippen LogP contribution in [0.25, 0.3) is 0 Å². The van der Waals surface area contributed by atoms with E-state index in [1.165, 1.54) is 0 Å². The highest BCUT2D eigenvalue weighted by molar-refractivity contribution is 5.73. The third-order valence-corrected chi connectivity index (χ3v) is 3.95. The number of cyclic esters (lactones) is 1. The highest BCUT2D eigenvalue weighted by atomic mass is 16.5. The zero-order chi connectivity index (χ0) is 13.9. The minimum absolute atomic E-state index is 0.146. The summed E-state index contributed by atoms with van der Waals surface area (Å²) in [5, 5.41) is 12.5. The van der Waals surface area contributed by atoms with E-state index >= 15 is 0 Å². The second-order valence-corrected chi connectivity index (χ2v) is 5.08. The van der Waals surface area contributed by atoms with Gasteiger partial charge in [-0.05, 0) is 6.42 Å². The molecule has 2 rings (SSSR count). The lowest BCUT2D eigenvalue weighted by Gasteiger charge is -2.35. The van der Waals surface area contributed by atoms with E-state index in [9.17, 15) is 19.6 Å². The molecule has 7 nitrogen and oxygen atoms in total. The van der Waals surface area contributed by atoms with Crippen molar-refractivity contribution in [2.45, 2.75) is 43.7 Å². The molecule has 0 amide bonds. The van der Waals surface area contributed by atoms with Gasteiger partial charge in [0, 0.05) is 38.9 Å². The summed E-state index contributed by atoms with van der Waals surface area (Å²) in [6.45, 7) is 0.667. The molecule has 2 atom stereocenters. The molecule has 7 heteroatoms. The predicted octanol–water partition coefficient (Wildman–Crippen LogP) is 1.10. The van der Waals surface area contributed by atoms with Crippen molar-refractivity contribution in [3.63, 3.8) is 0 Å². The zero-order valence-corrected chi connectivity index (χ0v) is 10.5. The number of carbonyl (C=O) groups is 2. The van der Waals surface area contributed by atoms with Crippen molar-refractivity contribution in [1.82, 2.24) is 0 Å². The summed E-state index contributed by atoms with van der Waals surface area (Å²) in [6, 6.07) is 0. The first-order valence-electron chi connectivity index (χ1n) is 6.42. The number of nitrogens with zero attached hydrogens (tertiary/aromatic N) is 1. The Bertz CT molecular complexity index is 376. The molecule has 0 aromatic heterocycles. The minimum atomic E-state index is -1.14. The summed E-state index contributed by atoms with van der Waals surface area (Å²) in [5.41, 5.74) is -1.14. The van der Waals surface area contributed by atoms with Crippen molar-refractivity contribution in [1.29, 1.82) is 0 Å². The number of carbonyl (C=O) groups excluding carboxylic acids is 1. The smallest absolute Gasteiger partial charge is 0.309 e. The Morgan fingerprint density at radius 2 is 2.16 bits per heavy atom. The predicted molar refractivity (Wildman–Crippen MR) is 63.4 cm³/mol. The van der Waals surface area contributed by atoms with E-state index in [4.69, 9.17) is 9.47 Å². The number of carboxylic acids is 1. The highest BCUT2D eigenvalue weighted by Crippen LogP contribution is 2.37. The van der Waals surface area contributed by atoms with Crippen molar-refractivity contribution < 1.29 is 24.2 Å². The largest absolute Gasteiger partial charge is 0.481 e. The van der Waals surface area contributed by atoms with Crippen LogP contribution in [0, 0.1) is 10.8 Å². The van der Waals surface area contributed by atoms with Gasteiger partial charge in [-0.25, -0.2) is 0 Å². The maximum atomic E-state index is 11.5. The van der Waals surface area contributed by atoms with Gasteiger partial charge in [0.25, 0.3) is 0 Å². The third-order valence-electron chi connectivity index (χ3n) is 3.95. The van der Waals surface area contributed by atoms with E-state index in [-0.39, 0.29) is 12.4 Å². The van der Waals surface area contributed by atoms with Gasteiger partial charge >= 0.3 is 11.9 Å². The van der Waals surface area contributed by atoms with Gasteiger partial charge in [0.05, 0.1) is 5.92 Å². The molecule has 0 spiro atoms. The summed E-state index contributed by atoms with van der Waals surface area (Å²) in [4.78, 5) is 33.7. The molecule has 2 saturated heterocycles. The lowest BCUT2D eigenvalue weighted by atomic mass is 9.75. The van der Waals surface area contributed by atoms with E-state index < -0.39 is 23.5 Å². The van der Waals surface area contributed by atoms with E-state index in [2.05, 4.69) is 5.18 Å². The summed E-state index contributed by atoms with van der Waals surface area (Å²) in [7, 11) is 0. The Kier molecular flexibility index (Phi) is 4.14. The Labute approximate surface area is 110 Å². The second kappa shape index (κ2) is 5.64. The molecule has 19 heavy (non-hydrogen) atoms. The molecular formula is C12H17NO6. The fraction of sp³-hybridized carbons (Fsp3) is 0.833. The topological polar surface area (TPSA) is 102 Å². The average molecular weight is 271 g/mol. The molecule has 2 aliphatic rings. The fourth-order valence-electron chi connectivity index (χ4n) is 2.79. The molecule has 0 aliphatic carbocycles. The van der Waals surface area contributed by atoms with Crippen molar-refractivity contribution in [2.75, 3.05) is 13.2 Å². The van der Waals surface area contributed by atoms with Crippen LogP contribution in [0.5, 0.6) is 0 Å². The molecular weight excluding hydrogens is 254 g/mol. The molecule has 106 valence electrons. The maximum Gasteiger partial charge on any atom is 0.309 e. The van der Waals surface area contributed by atoms with Gasteiger partial charge in [-0.2, -0.15) is 4.91 Å². The van der Waals surface area contributed by atoms with Crippen LogP contribution >= 0.6 is 0 Å². The molecule has 0 aromatic carbocycles. The highest BCUT2D eigenvalue weighted by Gasteiger charge is 2.48. The Morgan fingerprint density at radius 1 is 1.47 bits per heavy atom. The summed E-state index contributed by atoms with van der Waals surface area (Å²) in [6.07, 6.45) is 1.14. The number of esters is 1. The summed E-state index contributed by atoms with van der Waals surface area (Å²) < 4.78 is 10.2. The van der Waals surface area contributed by atoms with E-state index in [0.29, 0.717) is 38.9 Å². The molecule has 0 saturated carbocycles. The minimum Gasteiger partial charge on any atom is -0.481 e. The Hall–Kier alpha value is -1.50. The number of aliphatic carboxylic acids is 1. The number of rotatable bonds is 5. The van der Waals surface area contributed by atoms with Crippen LogP contribution in [0.1, 0.15) is 32.1 Å². The van der Waals surface area contributed by atoms with Gasteiger partial charge in [-0.15, -0.1) is 0 Å². The van der Waals surface area contributed by atoms with Crippen LogP contribution in [0.3, 0.4) is 0 Å². The third kappa shape index (κ3) is 2.91. The first kappa shape index (κ1) is 13.9. The van der Waals surface area contributed by atoms with Crippen LogP contribution in [-0.4, -0.2) is 41.9 Å². The van der Waals surface area contributed by atoms with Gasteiger partial charge in [-0.3, -0.25) is 9.59 Å². The van der Waals surface area contributed by atoms with Crippen LogP contribution in [0.4, 0.5) is 0 Å². The Balaban J connectivity index is 2.11.